The van der Waals surface area contributed by atoms with E-state index in [1.165, 1.54) is 51.4 Å². The average Bonchev–Trinajstić information content (AvgIpc) is 3.01. The summed E-state index contributed by atoms with van der Waals surface area (Å²) in [5.74, 6) is 1.19. The summed E-state index contributed by atoms with van der Waals surface area (Å²) < 4.78 is 0. The lowest BCUT2D eigenvalue weighted by atomic mass is 9.96. The molecule has 1 amide bonds. The van der Waals surface area contributed by atoms with E-state index in [0.717, 1.165) is 12.3 Å². The molecule has 0 radical (unpaired) electrons. The van der Waals surface area contributed by atoms with Crippen molar-refractivity contribution in [3.05, 3.63) is 0 Å². The molecule has 3 nitrogen and oxygen atoms in total. The molecule has 1 heterocycles. The van der Waals surface area contributed by atoms with Crippen LogP contribution in [-0.4, -0.2) is 36.0 Å². The van der Waals surface area contributed by atoms with Crippen LogP contribution in [0.15, 0.2) is 0 Å². The molecule has 1 aliphatic heterocycles. The highest BCUT2D eigenvalue weighted by Gasteiger charge is 2.43. The van der Waals surface area contributed by atoms with Gasteiger partial charge in [0.15, 0.2) is 0 Å². The second-order valence-electron chi connectivity index (χ2n) is 6.36. The number of hydrogen-bond donors (Lipinski definition) is 1. The first-order valence-electron chi connectivity index (χ1n) is 7.80. The number of nitrogens with one attached hydrogen (secondary N) is 1. The van der Waals surface area contributed by atoms with Gasteiger partial charge in [0, 0.05) is 12.1 Å². The molecule has 1 N–H and O–H groups in total. The van der Waals surface area contributed by atoms with E-state index < -0.39 is 0 Å². The van der Waals surface area contributed by atoms with Crippen LogP contribution in [0.3, 0.4) is 0 Å². The molecule has 18 heavy (non-hydrogen) atoms. The summed E-state index contributed by atoms with van der Waals surface area (Å²) in [6.07, 6.45) is 11.3. The number of carbonyl (C=O) groups is 1. The van der Waals surface area contributed by atoms with E-state index in [4.69, 9.17) is 0 Å². The van der Waals surface area contributed by atoms with Crippen molar-refractivity contribution in [3.8, 4) is 0 Å². The quantitative estimate of drug-likeness (QED) is 0.815. The molecule has 0 aromatic heterocycles. The maximum Gasteiger partial charge on any atom is 0.240 e. The zero-order chi connectivity index (χ0) is 12.5. The van der Waals surface area contributed by atoms with Gasteiger partial charge in [-0.2, -0.15) is 0 Å². The number of amides is 1. The topological polar surface area (TPSA) is 32.3 Å². The third kappa shape index (κ3) is 2.07. The van der Waals surface area contributed by atoms with Gasteiger partial charge in [0.25, 0.3) is 0 Å². The van der Waals surface area contributed by atoms with Gasteiger partial charge in [-0.1, -0.05) is 19.3 Å². The van der Waals surface area contributed by atoms with Crippen LogP contribution in [-0.2, 0) is 4.79 Å². The Morgan fingerprint density at radius 3 is 2.50 bits per heavy atom. The van der Waals surface area contributed by atoms with Crippen molar-refractivity contribution in [1.29, 1.82) is 0 Å². The molecule has 0 aromatic rings. The summed E-state index contributed by atoms with van der Waals surface area (Å²) in [5, 5.41) is 3.25. The molecule has 3 fully saturated rings. The summed E-state index contributed by atoms with van der Waals surface area (Å²) in [6.45, 7) is 0. The first-order chi connectivity index (χ1) is 8.81. The molecule has 3 atom stereocenters. The van der Waals surface area contributed by atoms with Crippen molar-refractivity contribution in [2.24, 2.45) is 5.92 Å². The van der Waals surface area contributed by atoms with E-state index in [1.807, 2.05) is 7.05 Å². The second kappa shape index (κ2) is 5.20. The molecule has 0 aromatic carbocycles. The summed E-state index contributed by atoms with van der Waals surface area (Å²) in [4.78, 5) is 15.1. The van der Waals surface area contributed by atoms with Crippen molar-refractivity contribution in [3.63, 3.8) is 0 Å². The SMILES string of the molecule is CNC1CCC2CCCC2N(C2CCCC2)C1=O. The summed E-state index contributed by atoms with van der Waals surface area (Å²) in [6, 6.07) is 1.20. The van der Waals surface area contributed by atoms with Gasteiger partial charge in [-0.15, -0.1) is 0 Å². The van der Waals surface area contributed by atoms with E-state index in [-0.39, 0.29) is 6.04 Å². The minimum Gasteiger partial charge on any atom is -0.335 e. The van der Waals surface area contributed by atoms with Crippen LogP contribution in [0.5, 0.6) is 0 Å². The Balaban J connectivity index is 1.85. The zero-order valence-corrected chi connectivity index (χ0v) is 11.5. The van der Waals surface area contributed by atoms with Gasteiger partial charge < -0.3 is 10.2 Å². The maximum atomic E-state index is 12.8. The van der Waals surface area contributed by atoms with Crippen LogP contribution in [0.1, 0.15) is 57.8 Å². The smallest absolute Gasteiger partial charge is 0.240 e. The number of likely N-dealkylation sites (tertiary alicyclic amines) is 1. The van der Waals surface area contributed by atoms with E-state index in [2.05, 4.69) is 10.2 Å². The monoisotopic (exact) mass is 250 g/mol. The van der Waals surface area contributed by atoms with Crippen LogP contribution in [0.25, 0.3) is 0 Å². The Morgan fingerprint density at radius 2 is 1.78 bits per heavy atom. The van der Waals surface area contributed by atoms with E-state index in [9.17, 15) is 4.79 Å². The molecular weight excluding hydrogens is 224 g/mol. The summed E-state index contributed by atoms with van der Waals surface area (Å²) in [7, 11) is 1.94. The van der Waals surface area contributed by atoms with Crippen molar-refractivity contribution in [1.82, 2.24) is 10.2 Å². The van der Waals surface area contributed by atoms with Crippen molar-refractivity contribution >= 4 is 5.91 Å². The lowest BCUT2D eigenvalue weighted by molar-refractivity contribution is -0.138. The number of rotatable bonds is 2. The Morgan fingerprint density at radius 1 is 1.00 bits per heavy atom. The van der Waals surface area contributed by atoms with Gasteiger partial charge in [0.2, 0.25) is 5.91 Å². The molecule has 2 aliphatic carbocycles. The fourth-order valence-electron chi connectivity index (χ4n) is 4.47. The minimum absolute atomic E-state index is 0.0798. The first-order valence-corrected chi connectivity index (χ1v) is 7.80. The average molecular weight is 250 g/mol. The number of likely N-dealkylation sites (N-methyl/N-ethyl adjacent to an activating group) is 1. The number of carbonyl (C=O) groups excluding carboxylic acids is 1. The van der Waals surface area contributed by atoms with Gasteiger partial charge >= 0.3 is 0 Å². The van der Waals surface area contributed by atoms with Crippen LogP contribution in [0, 0.1) is 5.92 Å². The van der Waals surface area contributed by atoms with Gasteiger partial charge in [0.05, 0.1) is 6.04 Å². The fourth-order valence-corrected chi connectivity index (χ4v) is 4.47. The molecule has 2 saturated carbocycles. The Bertz CT molecular complexity index is 312. The van der Waals surface area contributed by atoms with Crippen molar-refractivity contribution in [2.75, 3.05) is 7.05 Å². The van der Waals surface area contributed by atoms with E-state index in [0.29, 0.717) is 18.0 Å². The molecule has 3 aliphatic rings. The highest BCUT2D eigenvalue weighted by Crippen LogP contribution is 2.40. The van der Waals surface area contributed by atoms with Crippen LogP contribution >= 0.6 is 0 Å². The molecule has 3 unspecified atom stereocenters. The van der Waals surface area contributed by atoms with Crippen LogP contribution in [0.2, 0.25) is 0 Å². The van der Waals surface area contributed by atoms with Crippen molar-refractivity contribution in [2.45, 2.75) is 75.9 Å². The number of hydrogen-bond acceptors (Lipinski definition) is 2. The van der Waals surface area contributed by atoms with Gasteiger partial charge in [0.1, 0.15) is 0 Å². The molecule has 102 valence electrons. The highest BCUT2D eigenvalue weighted by molar-refractivity contribution is 5.83. The van der Waals surface area contributed by atoms with E-state index in [1.54, 1.807) is 0 Å². The Hall–Kier alpha value is -0.570. The van der Waals surface area contributed by atoms with Gasteiger partial charge in [-0.3, -0.25) is 4.79 Å². The molecule has 0 spiro atoms. The summed E-state index contributed by atoms with van der Waals surface area (Å²) in [5.41, 5.74) is 0. The van der Waals surface area contributed by atoms with Gasteiger partial charge in [-0.05, 0) is 51.5 Å². The second-order valence-corrected chi connectivity index (χ2v) is 6.36. The molecule has 3 rings (SSSR count). The van der Waals surface area contributed by atoms with Gasteiger partial charge in [-0.25, -0.2) is 0 Å². The number of nitrogens with zero attached hydrogens (tertiary/aromatic N) is 1. The zero-order valence-electron chi connectivity index (χ0n) is 11.5. The molecule has 3 heteroatoms. The largest absolute Gasteiger partial charge is 0.335 e. The first kappa shape index (κ1) is 12.5. The van der Waals surface area contributed by atoms with E-state index >= 15 is 0 Å². The molecule has 1 saturated heterocycles. The lowest BCUT2D eigenvalue weighted by Crippen LogP contribution is -2.52. The minimum atomic E-state index is 0.0798. The predicted octanol–water partition coefficient (Wildman–Crippen LogP) is 2.31. The third-order valence-corrected chi connectivity index (χ3v) is 5.42. The third-order valence-electron chi connectivity index (χ3n) is 5.42. The normalized spacial score (nSPS) is 37.9. The highest BCUT2D eigenvalue weighted by atomic mass is 16.2. The van der Waals surface area contributed by atoms with Crippen LogP contribution in [0.4, 0.5) is 0 Å². The molecular formula is C15H26N2O. The Kier molecular flexibility index (Phi) is 3.60. The summed E-state index contributed by atoms with van der Waals surface area (Å²) >= 11 is 0. The predicted molar refractivity (Wildman–Crippen MR) is 72.3 cm³/mol. The standard InChI is InChI=1S/C15H26N2O/c1-16-13-10-9-11-5-4-8-14(11)17(15(13)18)12-6-2-3-7-12/h11-14,16H,2-10H2,1H3. The maximum absolute atomic E-state index is 12.8. The molecule has 0 bridgehead atoms. The number of fused-ring (bicyclic) bond motifs is 1. The fraction of sp³-hybridized carbons (Fsp3) is 0.933. The van der Waals surface area contributed by atoms with Crippen molar-refractivity contribution < 1.29 is 4.79 Å². The lowest BCUT2D eigenvalue weighted by Gasteiger charge is -2.37. The Labute approximate surface area is 110 Å². The van der Waals surface area contributed by atoms with Crippen LogP contribution < -0.4 is 5.32 Å².